The van der Waals surface area contributed by atoms with E-state index in [2.05, 4.69) is 17.0 Å². The number of hydrogen-bond acceptors (Lipinski definition) is 2. The van der Waals surface area contributed by atoms with Gasteiger partial charge in [-0.25, -0.2) is 14.1 Å². The quantitative estimate of drug-likeness (QED) is 0.794. The molecule has 0 aliphatic rings. The summed E-state index contributed by atoms with van der Waals surface area (Å²) in [6.07, 6.45) is 1.81. The van der Waals surface area contributed by atoms with Gasteiger partial charge >= 0.3 is 0 Å². The van der Waals surface area contributed by atoms with Gasteiger partial charge in [0.2, 0.25) is 0 Å². The van der Waals surface area contributed by atoms with E-state index < -0.39 is 0 Å². The summed E-state index contributed by atoms with van der Waals surface area (Å²) >= 11 is 0. The number of halogens is 1. The molecule has 0 amide bonds. The molecule has 1 aromatic carbocycles. The number of hydrogen-bond donors (Lipinski definition) is 0. The Balaban J connectivity index is 2.44. The van der Waals surface area contributed by atoms with E-state index in [1.54, 1.807) is 29.9 Å². The first-order valence-electron chi connectivity index (χ1n) is 5.37. The largest absolute Gasteiger partial charge is 0.249 e. The Hall–Kier alpha value is -1.71. The molecule has 84 valence electrons. The van der Waals surface area contributed by atoms with E-state index in [4.69, 9.17) is 0 Å². The van der Waals surface area contributed by atoms with Crippen LogP contribution in [0.5, 0.6) is 0 Å². The van der Waals surface area contributed by atoms with Crippen molar-refractivity contribution in [3.63, 3.8) is 0 Å². The number of rotatable bonds is 3. The minimum absolute atomic E-state index is 0.263. The van der Waals surface area contributed by atoms with Gasteiger partial charge in [0.15, 0.2) is 11.6 Å². The minimum atomic E-state index is -0.263. The molecule has 1 aromatic heterocycles. The van der Waals surface area contributed by atoms with Crippen LogP contribution in [0.1, 0.15) is 19.2 Å². The van der Waals surface area contributed by atoms with Crippen LogP contribution in [-0.2, 0) is 13.5 Å². The van der Waals surface area contributed by atoms with Crippen LogP contribution in [0.15, 0.2) is 24.3 Å². The van der Waals surface area contributed by atoms with E-state index in [1.807, 2.05) is 0 Å². The molecular weight excluding hydrogens is 205 g/mol. The topological polar surface area (TPSA) is 30.7 Å². The summed E-state index contributed by atoms with van der Waals surface area (Å²) in [4.78, 5) is 4.34. The Bertz CT molecular complexity index is 491. The summed E-state index contributed by atoms with van der Waals surface area (Å²) in [6, 6.07) is 6.62. The first kappa shape index (κ1) is 10.8. The molecular formula is C12H14FN3. The van der Waals surface area contributed by atoms with Gasteiger partial charge in [0.05, 0.1) is 5.56 Å². The molecule has 0 fully saturated rings. The lowest BCUT2D eigenvalue weighted by atomic mass is 10.2. The minimum Gasteiger partial charge on any atom is -0.249 e. The van der Waals surface area contributed by atoms with E-state index >= 15 is 0 Å². The zero-order valence-electron chi connectivity index (χ0n) is 9.44. The number of nitrogens with zero attached hydrogens (tertiary/aromatic N) is 3. The number of aryl methyl sites for hydroxylation is 2. The molecule has 0 saturated carbocycles. The third kappa shape index (κ3) is 1.96. The van der Waals surface area contributed by atoms with Gasteiger partial charge in [-0.1, -0.05) is 19.1 Å². The molecule has 2 aromatic rings. The molecule has 0 aliphatic carbocycles. The summed E-state index contributed by atoms with van der Waals surface area (Å²) in [5.74, 6) is 1.09. The van der Waals surface area contributed by atoms with Crippen LogP contribution in [0.3, 0.4) is 0 Å². The Kier molecular flexibility index (Phi) is 2.99. The normalized spacial score (nSPS) is 10.7. The van der Waals surface area contributed by atoms with Crippen molar-refractivity contribution in [3.8, 4) is 11.4 Å². The maximum Gasteiger partial charge on any atom is 0.161 e. The molecule has 2 rings (SSSR count). The average molecular weight is 219 g/mol. The van der Waals surface area contributed by atoms with Crippen molar-refractivity contribution in [2.45, 2.75) is 19.8 Å². The fourth-order valence-electron chi connectivity index (χ4n) is 1.64. The molecule has 0 bridgehead atoms. The molecule has 3 nitrogen and oxygen atoms in total. The van der Waals surface area contributed by atoms with Gasteiger partial charge in [-0.05, 0) is 18.6 Å². The van der Waals surface area contributed by atoms with Gasteiger partial charge in [0, 0.05) is 13.5 Å². The predicted molar refractivity (Wildman–Crippen MR) is 60.4 cm³/mol. The van der Waals surface area contributed by atoms with Crippen molar-refractivity contribution < 1.29 is 4.39 Å². The fourth-order valence-corrected chi connectivity index (χ4v) is 1.64. The summed E-state index contributed by atoms with van der Waals surface area (Å²) in [7, 11) is 1.79. The van der Waals surface area contributed by atoms with Gasteiger partial charge in [-0.15, -0.1) is 0 Å². The third-order valence-electron chi connectivity index (χ3n) is 2.40. The van der Waals surface area contributed by atoms with E-state index in [1.165, 1.54) is 6.07 Å². The standard InChI is InChI=1S/C12H14FN3/c1-3-6-11-14-12(16(2)15-11)9-7-4-5-8-10(9)13/h4-5,7-8H,3,6H2,1-2H3. The Labute approximate surface area is 93.9 Å². The molecule has 0 unspecified atom stereocenters. The molecule has 0 aliphatic heterocycles. The number of benzene rings is 1. The van der Waals surface area contributed by atoms with Crippen LogP contribution in [0.4, 0.5) is 4.39 Å². The Morgan fingerprint density at radius 2 is 2.06 bits per heavy atom. The molecule has 4 heteroatoms. The maximum absolute atomic E-state index is 13.6. The van der Waals surface area contributed by atoms with Crippen LogP contribution in [0, 0.1) is 5.82 Å². The summed E-state index contributed by atoms with van der Waals surface area (Å²) in [6.45, 7) is 2.07. The van der Waals surface area contributed by atoms with Crippen molar-refractivity contribution >= 4 is 0 Å². The van der Waals surface area contributed by atoms with Crippen LogP contribution in [-0.4, -0.2) is 14.8 Å². The molecule has 16 heavy (non-hydrogen) atoms. The van der Waals surface area contributed by atoms with Crippen molar-refractivity contribution in [3.05, 3.63) is 35.9 Å². The average Bonchev–Trinajstić information content (AvgIpc) is 2.61. The highest BCUT2D eigenvalue weighted by Crippen LogP contribution is 2.20. The lowest BCUT2D eigenvalue weighted by molar-refractivity contribution is 0.627. The van der Waals surface area contributed by atoms with Gasteiger partial charge in [0.1, 0.15) is 5.82 Å². The van der Waals surface area contributed by atoms with Crippen molar-refractivity contribution in [2.24, 2.45) is 7.05 Å². The second-order valence-electron chi connectivity index (χ2n) is 3.71. The molecule has 0 radical (unpaired) electrons. The molecule has 0 N–H and O–H groups in total. The lowest BCUT2D eigenvalue weighted by Crippen LogP contribution is -1.96. The summed E-state index contributed by atoms with van der Waals surface area (Å²) in [5, 5.41) is 4.26. The highest BCUT2D eigenvalue weighted by Gasteiger charge is 2.12. The highest BCUT2D eigenvalue weighted by atomic mass is 19.1. The van der Waals surface area contributed by atoms with E-state index in [0.29, 0.717) is 11.4 Å². The van der Waals surface area contributed by atoms with Crippen LogP contribution in [0.25, 0.3) is 11.4 Å². The van der Waals surface area contributed by atoms with Crippen molar-refractivity contribution in [1.29, 1.82) is 0 Å². The monoisotopic (exact) mass is 219 g/mol. The Morgan fingerprint density at radius 3 is 2.75 bits per heavy atom. The maximum atomic E-state index is 13.6. The highest BCUT2D eigenvalue weighted by molar-refractivity contribution is 5.55. The Morgan fingerprint density at radius 1 is 1.31 bits per heavy atom. The van der Waals surface area contributed by atoms with Crippen LogP contribution >= 0.6 is 0 Å². The third-order valence-corrected chi connectivity index (χ3v) is 2.40. The zero-order valence-corrected chi connectivity index (χ0v) is 9.44. The van der Waals surface area contributed by atoms with E-state index in [-0.39, 0.29) is 5.82 Å². The molecule has 0 spiro atoms. The predicted octanol–water partition coefficient (Wildman–Crippen LogP) is 2.57. The van der Waals surface area contributed by atoms with Gasteiger partial charge < -0.3 is 0 Å². The van der Waals surface area contributed by atoms with E-state index in [0.717, 1.165) is 18.7 Å². The molecule has 1 heterocycles. The fraction of sp³-hybridized carbons (Fsp3) is 0.333. The lowest BCUT2D eigenvalue weighted by Gasteiger charge is -2.00. The van der Waals surface area contributed by atoms with Crippen molar-refractivity contribution in [2.75, 3.05) is 0 Å². The van der Waals surface area contributed by atoms with Gasteiger partial charge in [-0.3, -0.25) is 0 Å². The second kappa shape index (κ2) is 4.43. The zero-order chi connectivity index (χ0) is 11.5. The second-order valence-corrected chi connectivity index (χ2v) is 3.71. The SMILES string of the molecule is CCCc1nc(-c2ccccc2F)n(C)n1. The first-order chi connectivity index (χ1) is 7.72. The summed E-state index contributed by atoms with van der Waals surface area (Å²) in [5.41, 5.74) is 0.500. The molecule has 0 atom stereocenters. The van der Waals surface area contributed by atoms with Crippen LogP contribution in [0.2, 0.25) is 0 Å². The van der Waals surface area contributed by atoms with Gasteiger partial charge in [-0.2, -0.15) is 5.10 Å². The van der Waals surface area contributed by atoms with Gasteiger partial charge in [0.25, 0.3) is 0 Å². The van der Waals surface area contributed by atoms with E-state index in [9.17, 15) is 4.39 Å². The smallest absolute Gasteiger partial charge is 0.161 e. The summed E-state index contributed by atoms with van der Waals surface area (Å²) < 4.78 is 15.2. The van der Waals surface area contributed by atoms with Crippen LogP contribution < -0.4 is 0 Å². The molecule has 0 saturated heterocycles. The van der Waals surface area contributed by atoms with Crippen molar-refractivity contribution in [1.82, 2.24) is 14.8 Å². The number of aromatic nitrogens is 3. The first-order valence-corrected chi connectivity index (χ1v) is 5.37.